The summed E-state index contributed by atoms with van der Waals surface area (Å²) in [7, 11) is 0. The number of azo groups is 1. The zero-order valence-corrected chi connectivity index (χ0v) is 7.50. The standard InChI is InChI=1S/C5H6N2.C4H4N2O/c6-5-2-1-3-7-4-5;7-4-1-2-5-6-3-4/h1-4H,6H2;1-2H,3H2. The van der Waals surface area contributed by atoms with Crippen LogP contribution in [0.25, 0.3) is 0 Å². The summed E-state index contributed by atoms with van der Waals surface area (Å²) in [5.41, 5.74) is 6.01. The Kier molecular flexibility index (Phi) is 4.00. The smallest absolute Gasteiger partial charge is 0.180 e. The number of aromatic nitrogens is 1. The molecule has 2 heterocycles. The van der Waals surface area contributed by atoms with Crippen LogP contribution in [-0.4, -0.2) is 17.3 Å². The van der Waals surface area contributed by atoms with Crippen molar-refractivity contribution in [1.82, 2.24) is 4.98 Å². The minimum absolute atomic E-state index is 0.0231. The maximum Gasteiger partial charge on any atom is 0.180 e. The van der Waals surface area contributed by atoms with Gasteiger partial charge in [-0.05, 0) is 12.1 Å². The Hall–Kier alpha value is -2.04. The summed E-state index contributed by atoms with van der Waals surface area (Å²) in [4.78, 5) is 14.0. The molecule has 1 aliphatic heterocycles. The van der Waals surface area contributed by atoms with Crippen LogP contribution in [0.5, 0.6) is 0 Å². The lowest BCUT2D eigenvalue weighted by atomic mass is 10.4. The van der Waals surface area contributed by atoms with Crippen LogP contribution in [0.3, 0.4) is 0 Å². The zero-order valence-electron chi connectivity index (χ0n) is 7.50. The van der Waals surface area contributed by atoms with E-state index < -0.39 is 0 Å². The average molecular weight is 190 g/mol. The molecule has 0 fully saturated rings. The Labute approximate surface area is 81.4 Å². The predicted molar refractivity (Wildman–Crippen MR) is 52.5 cm³/mol. The van der Waals surface area contributed by atoms with Gasteiger partial charge in [-0.1, -0.05) is 0 Å². The van der Waals surface area contributed by atoms with Gasteiger partial charge in [0.1, 0.15) is 6.54 Å². The van der Waals surface area contributed by atoms with E-state index in [2.05, 4.69) is 15.2 Å². The monoisotopic (exact) mass is 190 g/mol. The van der Waals surface area contributed by atoms with Crippen LogP contribution < -0.4 is 5.73 Å². The molecule has 14 heavy (non-hydrogen) atoms. The molecule has 0 unspecified atom stereocenters. The lowest BCUT2D eigenvalue weighted by Crippen LogP contribution is -1.98. The predicted octanol–water partition coefficient (Wildman–Crippen LogP) is 1.20. The number of ketones is 1. The minimum Gasteiger partial charge on any atom is -0.397 e. The number of rotatable bonds is 0. The van der Waals surface area contributed by atoms with Crippen molar-refractivity contribution < 1.29 is 4.79 Å². The van der Waals surface area contributed by atoms with E-state index >= 15 is 0 Å². The summed E-state index contributed by atoms with van der Waals surface area (Å²) < 4.78 is 0. The molecule has 0 saturated carbocycles. The first kappa shape index (κ1) is 10.0. The summed E-state index contributed by atoms with van der Waals surface area (Å²) in [5, 5.41) is 6.90. The van der Waals surface area contributed by atoms with Crippen molar-refractivity contribution in [1.29, 1.82) is 0 Å². The van der Waals surface area contributed by atoms with Crippen LogP contribution in [0.15, 0.2) is 47.0 Å². The minimum atomic E-state index is 0.0231. The van der Waals surface area contributed by atoms with Crippen LogP contribution in [-0.2, 0) is 4.79 Å². The van der Waals surface area contributed by atoms with Gasteiger partial charge in [0.15, 0.2) is 5.78 Å². The van der Waals surface area contributed by atoms with Crippen molar-refractivity contribution >= 4 is 11.5 Å². The van der Waals surface area contributed by atoms with Gasteiger partial charge >= 0.3 is 0 Å². The summed E-state index contributed by atoms with van der Waals surface area (Å²) in [6.07, 6.45) is 6.11. The molecule has 72 valence electrons. The van der Waals surface area contributed by atoms with Gasteiger partial charge in [0.25, 0.3) is 0 Å². The lowest BCUT2D eigenvalue weighted by molar-refractivity contribution is -0.113. The van der Waals surface area contributed by atoms with Crippen LogP contribution in [0.2, 0.25) is 0 Å². The van der Waals surface area contributed by atoms with Gasteiger partial charge in [0, 0.05) is 18.5 Å². The fraction of sp³-hybridized carbons (Fsp3) is 0.111. The van der Waals surface area contributed by atoms with Gasteiger partial charge in [0.2, 0.25) is 0 Å². The second-order valence-corrected chi connectivity index (χ2v) is 2.48. The fourth-order valence-corrected chi connectivity index (χ4v) is 0.703. The highest BCUT2D eigenvalue weighted by atomic mass is 16.1. The first-order valence-corrected chi connectivity index (χ1v) is 4.00. The quantitative estimate of drug-likeness (QED) is 0.667. The van der Waals surface area contributed by atoms with E-state index in [0.717, 1.165) is 0 Å². The number of pyridine rings is 1. The molecule has 0 saturated heterocycles. The van der Waals surface area contributed by atoms with Crippen molar-refractivity contribution in [2.75, 3.05) is 12.3 Å². The maximum absolute atomic E-state index is 10.2. The van der Waals surface area contributed by atoms with Gasteiger partial charge in [-0.15, -0.1) is 0 Å². The first-order valence-electron chi connectivity index (χ1n) is 4.00. The molecule has 1 aliphatic rings. The second-order valence-electron chi connectivity index (χ2n) is 2.48. The molecule has 5 heteroatoms. The SMILES string of the molecule is Nc1cccnc1.O=C1C=CN=NC1. The molecule has 0 spiro atoms. The molecule has 0 amide bonds. The van der Waals surface area contributed by atoms with E-state index in [1.54, 1.807) is 24.5 Å². The molecular weight excluding hydrogens is 180 g/mol. The largest absolute Gasteiger partial charge is 0.397 e. The van der Waals surface area contributed by atoms with Gasteiger partial charge in [-0.3, -0.25) is 9.78 Å². The van der Waals surface area contributed by atoms with Gasteiger partial charge in [-0.2, -0.15) is 10.2 Å². The number of carbonyl (C=O) groups excluding carboxylic acids is 1. The van der Waals surface area contributed by atoms with E-state index in [-0.39, 0.29) is 12.3 Å². The first-order chi connectivity index (χ1) is 6.79. The highest BCUT2D eigenvalue weighted by Gasteiger charge is 1.94. The van der Waals surface area contributed by atoms with Crippen LogP contribution >= 0.6 is 0 Å². The van der Waals surface area contributed by atoms with E-state index in [1.165, 1.54) is 12.3 Å². The summed E-state index contributed by atoms with van der Waals surface area (Å²) >= 11 is 0. The molecule has 1 aromatic heterocycles. The van der Waals surface area contributed by atoms with Crippen molar-refractivity contribution in [3.8, 4) is 0 Å². The molecule has 0 radical (unpaired) electrons. The Bertz CT molecular complexity index is 345. The number of hydrogen-bond acceptors (Lipinski definition) is 5. The molecule has 0 aromatic carbocycles. The molecule has 0 aliphatic carbocycles. The number of nitrogens with two attached hydrogens (primary N) is 1. The second kappa shape index (κ2) is 5.58. The van der Waals surface area contributed by atoms with E-state index in [4.69, 9.17) is 5.73 Å². The Morgan fingerprint density at radius 1 is 1.43 bits per heavy atom. The Morgan fingerprint density at radius 3 is 2.57 bits per heavy atom. The van der Waals surface area contributed by atoms with Gasteiger partial charge in [-0.25, -0.2) is 0 Å². The maximum atomic E-state index is 10.2. The molecule has 2 rings (SSSR count). The van der Waals surface area contributed by atoms with E-state index in [1.807, 2.05) is 0 Å². The van der Waals surface area contributed by atoms with Crippen molar-refractivity contribution in [2.45, 2.75) is 0 Å². The van der Waals surface area contributed by atoms with Gasteiger partial charge < -0.3 is 5.73 Å². The highest BCUT2D eigenvalue weighted by molar-refractivity contribution is 5.91. The molecule has 0 bridgehead atoms. The van der Waals surface area contributed by atoms with Gasteiger partial charge in [0.05, 0.1) is 11.9 Å². The lowest BCUT2D eigenvalue weighted by Gasteiger charge is -1.87. The van der Waals surface area contributed by atoms with Crippen LogP contribution in [0, 0.1) is 0 Å². The molecule has 0 atom stereocenters. The number of nitrogen functional groups attached to an aromatic ring is 1. The third kappa shape index (κ3) is 4.10. The number of nitrogens with zero attached hydrogens (tertiary/aromatic N) is 3. The highest BCUT2D eigenvalue weighted by Crippen LogP contribution is 1.92. The van der Waals surface area contributed by atoms with E-state index in [0.29, 0.717) is 5.69 Å². The normalized spacial score (nSPS) is 13.3. The zero-order chi connectivity index (χ0) is 10.2. The third-order valence-corrected chi connectivity index (χ3v) is 1.32. The average Bonchev–Trinajstić information content (AvgIpc) is 2.21. The number of anilines is 1. The van der Waals surface area contributed by atoms with E-state index in [9.17, 15) is 4.79 Å². The summed E-state index contributed by atoms with van der Waals surface area (Å²) in [5.74, 6) is 0.0231. The summed E-state index contributed by atoms with van der Waals surface area (Å²) in [6.45, 7) is 0.219. The Balaban J connectivity index is 0.000000140. The fourth-order valence-electron chi connectivity index (χ4n) is 0.703. The molecule has 5 nitrogen and oxygen atoms in total. The third-order valence-electron chi connectivity index (χ3n) is 1.32. The number of hydrogen-bond donors (Lipinski definition) is 1. The molecule has 1 aromatic rings. The Morgan fingerprint density at radius 2 is 2.29 bits per heavy atom. The van der Waals surface area contributed by atoms with Crippen molar-refractivity contribution in [3.63, 3.8) is 0 Å². The van der Waals surface area contributed by atoms with Crippen molar-refractivity contribution in [3.05, 3.63) is 36.8 Å². The van der Waals surface area contributed by atoms with Crippen LogP contribution in [0.4, 0.5) is 5.69 Å². The van der Waals surface area contributed by atoms with Crippen LogP contribution in [0.1, 0.15) is 0 Å². The molecular formula is C9H10N4O. The van der Waals surface area contributed by atoms with Crippen molar-refractivity contribution in [2.24, 2.45) is 10.2 Å². The summed E-state index contributed by atoms with van der Waals surface area (Å²) in [6, 6.07) is 3.60. The topological polar surface area (TPSA) is 80.7 Å². The molecule has 2 N–H and O–H groups in total. The number of carbonyl (C=O) groups is 1.